The number of carbonyl (C=O) groups is 1. The average Bonchev–Trinajstić information content (AvgIpc) is 2.92. The maximum absolute atomic E-state index is 13.9. The van der Waals surface area contributed by atoms with E-state index in [0.29, 0.717) is 31.5 Å². The van der Waals surface area contributed by atoms with Crippen LogP contribution in [0.3, 0.4) is 0 Å². The Labute approximate surface area is 239 Å². The van der Waals surface area contributed by atoms with Gasteiger partial charge in [0, 0.05) is 30.6 Å². The minimum Gasteiger partial charge on any atom is -0.469 e. The van der Waals surface area contributed by atoms with Crippen molar-refractivity contribution in [1.29, 1.82) is 0 Å². The smallest absolute Gasteiger partial charge is 0.305 e. The quantitative estimate of drug-likeness (QED) is 0.187. The van der Waals surface area contributed by atoms with E-state index in [4.69, 9.17) is 4.74 Å². The van der Waals surface area contributed by atoms with Crippen molar-refractivity contribution in [2.75, 3.05) is 20.2 Å². The number of ether oxygens (including phenoxy) is 1. The SMILES string of the molecule is COC(=O)CCCCCNC(Cc1cc(F)cc(F)c1)C(O)CNC1(c2cccc(C(C)(C)C)c2)CCCCC1. The van der Waals surface area contributed by atoms with Gasteiger partial charge in [-0.25, -0.2) is 8.78 Å². The molecule has 0 amide bonds. The first-order chi connectivity index (χ1) is 19.0. The summed E-state index contributed by atoms with van der Waals surface area (Å²) in [5, 5.41) is 18.6. The van der Waals surface area contributed by atoms with Crippen LogP contribution in [0.5, 0.6) is 0 Å². The van der Waals surface area contributed by atoms with Gasteiger partial charge in [-0.3, -0.25) is 4.79 Å². The number of esters is 1. The topological polar surface area (TPSA) is 70.6 Å². The molecule has 1 saturated carbocycles. The number of rotatable bonds is 14. The number of aliphatic hydroxyl groups is 1. The molecule has 0 aliphatic heterocycles. The highest BCUT2D eigenvalue weighted by Crippen LogP contribution is 2.38. The van der Waals surface area contributed by atoms with Gasteiger partial charge in [-0.2, -0.15) is 0 Å². The van der Waals surface area contributed by atoms with E-state index in [9.17, 15) is 18.7 Å². The van der Waals surface area contributed by atoms with Gasteiger partial charge >= 0.3 is 5.97 Å². The molecular weight excluding hydrogens is 510 g/mol. The average molecular weight is 559 g/mol. The summed E-state index contributed by atoms with van der Waals surface area (Å²) >= 11 is 0. The molecule has 1 fully saturated rings. The Balaban J connectivity index is 1.71. The molecule has 222 valence electrons. The zero-order chi connectivity index (χ0) is 29.2. The second-order valence-corrected chi connectivity index (χ2v) is 12.4. The fraction of sp³-hybridized carbons (Fsp3) is 0.606. The highest BCUT2D eigenvalue weighted by molar-refractivity contribution is 5.68. The highest BCUT2D eigenvalue weighted by Gasteiger charge is 2.35. The molecule has 1 aliphatic rings. The van der Waals surface area contributed by atoms with E-state index in [1.807, 2.05) is 0 Å². The molecule has 3 N–H and O–H groups in total. The van der Waals surface area contributed by atoms with Crippen molar-refractivity contribution in [2.24, 2.45) is 0 Å². The Morgan fingerprint density at radius 2 is 1.73 bits per heavy atom. The van der Waals surface area contributed by atoms with Gasteiger partial charge in [0.2, 0.25) is 0 Å². The van der Waals surface area contributed by atoms with Crippen molar-refractivity contribution >= 4 is 5.97 Å². The molecule has 0 heterocycles. The highest BCUT2D eigenvalue weighted by atomic mass is 19.1. The van der Waals surface area contributed by atoms with Gasteiger partial charge < -0.3 is 20.5 Å². The van der Waals surface area contributed by atoms with Crippen molar-refractivity contribution in [1.82, 2.24) is 10.6 Å². The lowest BCUT2D eigenvalue weighted by Crippen LogP contribution is -2.52. The molecule has 1 aliphatic carbocycles. The molecular formula is C33H48F2N2O3. The van der Waals surface area contributed by atoms with Gasteiger partial charge in [-0.15, -0.1) is 0 Å². The van der Waals surface area contributed by atoms with Crippen LogP contribution in [0.25, 0.3) is 0 Å². The van der Waals surface area contributed by atoms with Crippen molar-refractivity contribution in [3.8, 4) is 0 Å². The summed E-state index contributed by atoms with van der Waals surface area (Å²) in [7, 11) is 1.39. The van der Waals surface area contributed by atoms with Crippen LogP contribution in [0.1, 0.15) is 95.2 Å². The molecule has 3 rings (SSSR count). The summed E-state index contributed by atoms with van der Waals surface area (Å²) in [4.78, 5) is 11.4. The fourth-order valence-electron chi connectivity index (χ4n) is 5.74. The largest absolute Gasteiger partial charge is 0.469 e. The third-order valence-electron chi connectivity index (χ3n) is 8.17. The van der Waals surface area contributed by atoms with E-state index in [1.54, 1.807) is 0 Å². The normalized spacial score (nSPS) is 16.9. The first-order valence-electron chi connectivity index (χ1n) is 14.8. The second kappa shape index (κ2) is 15.0. The molecule has 0 spiro atoms. The molecule has 0 aromatic heterocycles. The summed E-state index contributed by atoms with van der Waals surface area (Å²) in [6.07, 6.45) is 7.74. The summed E-state index contributed by atoms with van der Waals surface area (Å²) in [6.45, 7) is 7.64. The van der Waals surface area contributed by atoms with Crippen LogP contribution in [0.2, 0.25) is 0 Å². The summed E-state index contributed by atoms with van der Waals surface area (Å²) in [5.41, 5.74) is 2.87. The maximum Gasteiger partial charge on any atom is 0.305 e. The van der Waals surface area contributed by atoms with Crippen LogP contribution in [0.15, 0.2) is 42.5 Å². The lowest BCUT2D eigenvalue weighted by atomic mass is 9.74. The number of methoxy groups -OCH3 is 1. The molecule has 2 unspecified atom stereocenters. The number of unbranched alkanes of at least 4 members (excludes halogenated alkanes) is 2. The van der Waals surface area contributed by atoms with E-state index in [0.717, 1.165) is 51.0 Å². The Kier molecular flexibility index (Phi) is 12.1. The number of hydrogen-bond donors (Lipinski definition) is 3. The van der Waals surface area contributed by atoms with Gasteiger partial charge in [0.25, 0.3) is 0 Å². The van der Waals surface area contributed by atoms with Crippen LogP contribution >= 0.6 is 0 Å². The third kappa shape index (κ3) is 9.64. The Morgan fingerprint density at radius 1 is 1.02 bits per heavy atom. The Bertz CT molecular complexity index is 1060. The minimum atomic E-state index is -0.772. The number of halogens is 2. The molecule has 0 bridgehead atoms. The molecule has 40 heavy (non-hydrogen) atoms. The summed E-state index contributed by atoms with van der Waals surface area (Å²) < 4.78 is 32.6. The number of hydrogen-bond acceptors (Lipinski definition) is 5. The minimum absolute atomic E-state index is 0.0392. The predicted molar refractivity (Wildman–Crippen MR) is 156 cm³/mol. The van der Waals surface area contributed by atoms with Crippen LogP contribution in [0.4, 0.5) is 8.78 Å². The van der Waals surface area contributed by atoms with Crippen molar-refractivity contribution in [3.05, 3.63) is 70.8 Å². The molecule has 7 heteroatoms. The molecule has 0 saturated heterocycles. The summed E-state index contributed by atoms with van der Waals surface area (Å²) in [5.74, 6) is -1.46. The fourth-order valence-corrected chi connectivity index (χ4v) is 5.74. The van der Waals surface area contributed by atoms with Gasteiger partial charge in [0.15, 0.2) is 0 Å². The number of benzene rings is 2. The molecule has 0 radical (unpaired) electrons. The number of aliphatic hydroxyl groups excluding tert-OH is 1. The lowest BCUT2D eigenvalue weighted by molar-refractivity contribution is -0.140. The monoisotopic (exact) mass is 558 g/mol. The molecule has 5 nitrogen and oxygen atoms in total. The first kappa shape index (κ1) is 32.2. The number of carbonyl (C=O) groups excluding carboxylic acids is 1. The predicted octanol–water partition coefficient (Wildman–Crippen LogP) is 6.31. The van der Waals surface area contributed by atoms with Gasteiger partial charge in [-0.1, -0.05) is 70.7 Å². The van der Waals surface area contributed by atoms with Crippen LogP contribution < -0.4 is 10.6 Å². The zero-order valence-corrected chi connectivity index (χ0v) is 24.7. The second-order valence-electron chi connectivity index (χ2n) is 12.4. The lowest BCUT2D eigenvalue weighted by Gasteiger charge is -2.41. The first-order valence-corrected chi connectivity index (χ1v) is 14.8. The zero-order valence-electron chi connectivity index (χ0n) is 24.7. The van der Waals surface area contributed by atoms with Crippen molar-refractivity contribution in [2.45, 2.75) is 108 Å². The molecule has 2 aromatic rings. The van der Waals surface area contributed by atoms with E-state index < -0.39 is 23.8 Å². The summed E-state index contributed by atoms with van der Waals surface area (Å²) in [6, 6.07) is 11.9. The van der Waals surface area contributed by atoms with Crippen LogP contribution in [-0.4, -0.2) is 43.4 Å². The van der Waals surface area contributed by atoms with E-state index >= 15 is 0 Å². The van der Waals surface area contributed by atoms with Gasteiger partial charge in [0.1, 0.15) is 11.6 Å². The van der Waals surface area contributed by atoms with Crippen LogP contribution in [-0.2, 0) is 26.9 Å². The van der Waals surface area contributed by atoms with E-state index in [-0.39, 0.29) is 16.9 Å². The van der Waals surface area contributed by atoms with Gasteiger partial charge in [-0.05, 0) is 72.9 Å². The molecule has 2 atom stereocenters. The van der Waals surface area contributed by atoms with Gasteiger partial charge in [0.05, 0.1) is 13.2 Å². The molecule has 2 aromatic carbocycles. The third-order valence-corrected chi connectivity index (χ3v) is 8.17. The Hall–Kier alpha value is -2.35. The Morgan fingerprint density at radius 3 is 2.38 bits per heavy atom. The van der Waals surface area contributed by atoms with Crippen molar-refractivity contribution < 1.29 is 23.4 Å². The van der Waals surface area contributed by atoms with E-state index in [1.165, 1.54) is 36.8 Å². The van der Waals surface area contributed by atoms with E-state index in [2.05, 4.69) is 55.7 Å². The van der Waals surface area contributed by atoms with Crippen molar-refractivity contribution in [3.63, 3.8) is 0 Å². The maximum atomic E-state index is 13.9. The standard InChI is InChI=1S/C33H48F2N2O3/c1-32(2,3)25-12-11-13-26(21-25)33(15-8-6-9-16-33)37-23-30(38)29(20-24-18-27(34)22-28(35)19-24)36-17-10-5-7-14-31(39)40-4/h11-13,18-19,21-22,29-30,36-38H,5-10,14-17,20,23H2,1-4H3. The number of nitrogens with one attached hydrogen (secondary N) is 2. The van der Waals surface area contributed by atoms with Crippen LogP contribution in [0, 0.1) is 11.6 Å².